The summed E-state index contributed by atoms with van der Waals surface area (Å²) in [5, 5.41) is 3.13. The first-order valence-electron chi connectivity index (χ1n) is 7.68. The van der Waals surface area contributed by atoms with Gasteiger partial charge in [0.1, 0.15) is 6.61 Å². The minimum atomic E-state index is -0.993. The van der Waals surface area contributed by atoms with E-state index in [4.69, 9.17) is 25.8 Å². The highest BCUT2D eigenvalue weighted by Crippen LogP contribution is 2.31. The maximum absolute atomic E-state index is 12.2. The van der Waals surface area contributed by atoms with Crippen LogP contribution in [-0.4, -0.2) is 30.7 Å². The molecule has 0 fully saturated rings. The predicted octanol–water partition coefficient (Wildman–Crippen LogP) is 3.05. The topological polar surface area (TPSA) is 73.9 Å². The molecule has 1 aliphatic heterocycles. The van der Waals surface area contributed by atoms with E-state index >= 15 is 0 Å². The number of rotatable bonds is 4. The SMILES string of the molecule is C[C@H](OC(=O)[C@@H]1COc2ccccc2O1)C(=O)Nc1cccc(Cl)c1. The molecule has 25 heavy (non-hydrogen) atoms. The van der Waals surface area contributed by atoms with Gasteiger partial charge in [0.25, 0.3) is 5.91 Å². The normalized spacial score (nSPS) is 16.6. The van der Waals surface area contributed by atoms with Crippen molar-refractivity contribution in [3.05, 3.63) is 53.6 Å². The summed E-state index contributed by atoms with van der Waals surface area (Å²) in [4.78, 5) is 24.3. The molecule has 2 atom stereocenters. The fraction of sp³-hybridized carbons (Fsp3) is 0.222. The summed E-state index contributed by atoms with van der Waals surface area (Å²) in [5.41, 5.74) is 0.520. The zero-order chi connectivity index (χ0) is 17.8. The molecule has 2 aromatic rings. The van der Waals surface area contributed by atoms with Crippen LogP contribution in [-0.2, 0) is 14.3 Å². The number of hydrogen-bond donors (Lipinski definition) is 1. The van der Waals surface area contributed by atoms with Crippen molar-refractivity contribution < 1.29 is 23.8 Å². The van der Waals surface area contributed by atoms with Crippen molar-refractivity contribution in [3.63, 3.8) is 0 Å². The molecule has 0 saturated carbocycles. The Morgan fingerprint density at radius 1 is 1.20 bits per heavy atom. The van der Waals surface area contributed by atoms with Crippen LogP contribution in [0.5, 0.6) is 11.5 Å². The zero-order valence-corrected chi connectivity index (χ0v) is 14.2. The minimum Gasteiger partial charge on any atom is -0.485 e. The van der Waals surface area contributed by atoms with Gasteiger partial charge in [-0.2, -0.15) is 0 Å². The third kappa shape index (κ3) is 4.22. The number of para-hydroxylation sites is 2. The highest BCUT2D eigenvalue weighted by Gasteiger charge is 2.31. The molecule has 0 aromatic heterocycles. The Balaban J connectivity index is 1.56. The first-order valence-corrected chi connectivity index (χ1v) is 8.06. The third-order valence-corrected chi connectivity index (χ3v) is 3.76. The largest absolute Gasteiger partial charge is 0.485 e. The van der Waals surface area contributed by atoms with Gasteiger partial charge in [-0.15, -0.1) is 0 Å². The zero-order valence-electron chi connectivity index (χ0n) is 13.4. The van der Waals surface area contributed by atoms with Crippen LogP contribution in [0, 0.1) is 0 Å². The number of nitrogens with one attached hydrogen (secondary N) is 1. The van der Waals surface area contributed by atoms with Gasteiger partial charge in [-0.25, -0.2) is 4.79 Å². The van der Waals surface area contributed by atoms with Crippen molar-refractivity contribution in [2.45, 2.75) is 19.1 Å². The minimum absolute atomic E-state index is 0.0263. The summed E-state index contributed by atoms with van der Waals surface area (Å²) in [6, 6.07) is 13.7. The van der Waals surface area contributed by atoms with E-state index in [9.17, 15) is 9.59 Å². The van der Waals surface area contributed by atoms with E-state index < -0.39 is 24.1 Å². The van der Waals surface area contributed by atoms with Crippen LogP contribution < -0.4 is 14.8 Å². The molecule has 0 radical (unpaired) electrons. The van der Waals surface area contributed by atoms with Crippen LogP contribution in [0.3, 0.4) is 0 Å². The smallest absolute Gasteiger partial charge is 0.351 e. The van der Waals surface area contributed by atoms with Crippen molar-refractivity contribution in [2.24, 2.45) is 0 Å². The molecule has 3 rings (SSSR count). The van der Waals surface area contributed by atoms with Gasteiger partial charge in [0.15, 0.2) is 17.6 Å². The molecule has 1 amide bonds. The second-order valence-electron chi connectivity index (χ2n) is 5.44. The lowest BCUT2D eigenvalue weighted by atomic mass is 10.2. The first-order chi connectivity index (χ1) is 12.0. The number of carbonyl (C=O) groups excluding carboxylic acids is 2. The van der Waals surface area contributed by atoms with E-state index in [1.54, 1.807) is 42.5 Å². The van der Waals surface area contributed by atoms with Gasteiger partial charge in [0.05, 0.1) is 0 Å². The van der Waals surface area contributed by atoms with Gasteiger partial charge in [0.2, 0.25) is 6.10 Å². The molecule has 1 heterocycles. The molecule has 7 heteroatoms. The summed E-state index contributed by atoms with van der Waals surface area (Å²) in [6.07, 6.45) is -1.91. The molecule has 130 valence electrons. The van der Waals surface area contributed by atoms with Gasteiger partial charge in [0, 0.05) is 10.7 Å². The first kappa shape index (κ1) is 17.1. The lowest BCUT2D eigenvalue weighted by Crippen LogP contribution is -2.41. The second kappa shape index (κ2) is 7.44. The summed E-state index contributed by atoms with van der Waals surface area (Å²) in [5.74, 6) is -0.0963. The molecular formula is C18H16ClNO5. The van der Waals surface area contributed by atoms with Crippen molar-refractivity contribution in [2.75, 3.05) is 11.9 Å². The number of anilines is 1. The molecule has 1 N–H and O–H groups in total. The summed E-state index contributed by atoms with van der Waals surface area (Å²) in [6.45, 7) is 1.51. The molecule has 0 saturated heterocycles. The van der Waals surface area contributed by atoms with Crippen molar-refractivity contribution in [1.29, 1.82) is 0 Å². The van der Waals surface area contributed by atoms with Crippen LogP contribution in [0.2, 0.25) is 5.02 Å². The maximum Gasteiger partial charge on any atom is 0.351 e. The number of halogens is 1. The highest BCUT2D eigenvalue weighted by atomic mass is 35.5. The number of esters is 1. The number of fused-ring (bicyclic) bond motifs is 1. The Bertz CT molecular complexity index is 795. The number of hydrogen-bond acceptors (Lipinski definition) is 5. The Kier molecular flexibility index (Phi) is 5.09. The van der Waals surface area contributed by atoms with Gasteiger partial charge in [-0.05, 0) is 37.3 Å². The maximum atomic E-state index is 12.2. The van der Waals surface area contributed by atoms with Crippen LogP contribution in [0.4, 0.5) is 5.69 Å². The third-order valence-electron chi connectivity index (χ3n) is 3.53. The van der Waals surface area contributed by atoms with Gasteiger partial charge in [-0.3, -0.25) is 4.79 Å². The quantitative estimate of drug-likeness (QED) is 0.847. The van der Waals surface area contributed by atoms with Crippen molar-refractivity contribution >= 4 is 29.2 Å². The average Bonchev–Trinajstić information content (AvgIpc) is 2.61. The van der Waals surface area contributed by atoms with Gasteiger partial charge < -0.3 is 19.5 Å². The number of ether oxygens (including phenoxy) is 3. The summed E-state index contributed by atoms with van der Waals surface area (Å²) < 4.78 is 16.2. The Hall–Kier alpha value is -2.73. The van der Waals surface area contributed by atoms with Crippen LogP contribution >= 0.6 is 11.6 Å². The molecule has 1 aliphatic rings. The van der Waals surface area contributed by atoms with E-state index in [2.05, 4.69) is 5.32 Å². The van der Waals surface area contributed by atoms with Crippen LogP contribution in [0.1, 0.15) is 6.92 Å². The average molecular weight is 362 g/mol. The van der Waals surface area contributed by atoms with Gasteiger partial charge in [-0.1, -0.05) is 29.8 Å². The summed E-state index contributed by atoms with van der Waals surface area (Å²) >= 11 is 5.87. The second-order valence-corrected chi connectivity index (χ2v) is 5.88. The molecule has 0 spiro atoms. The van der Waals surface area contributed by atoms with Crippen molar-refractivity contribution in [3.8, 4) is 11.5 Å². The van der Waals surface area contributed by atoms with E-state index in [0.717, 1.165) is 0 Å². The molecule has 0 unspecified atom stereocenters. The fourth-order valence-corrected chi connectivity index (χ4v) is 2.44. The fourth-order valence-electron chi connectivity index (χ4n) is 2.25. The Morgan fingerprint density at radius 3 is 2.72 bits per heavy atom. The standard InChI is InChI=1S/C18H16ClNO5/c1-11(17(21)20-13-6-4-5-12(19)9-13)24-18(22)16-10-23-14-7-2-3-8-15(14)25-16/h2-9,11,16H,10H2,1H3,(H,20,21)/t11-,16-/m0/s1. The summed E-state index contributed by atoms with van der Waals surface area (Å²) in [7, 11) is 0. The lowest BCUT2D eigenvalue weighted by molar-refractivity contribution is -0.162. The molecule has 0 aliphatic carbocycles. The number of benzene rings is 2. The number of amides is 1. The monoisotopic (exact) mass is 361 g/mol. The lowest BCUT2D eigenvalue weighted by Gasteiger charge is -2.25. The Labute approximate surface area is 149 Å². The highest BCUT2D eigenvalue weighted by molar-refractivity contribution is 6.30. The van der Waals surface area contributed by atoms with E-state index in [1.165, 1.54) is 6.92 Å². The van der Waals surface area contributed by atoms with Crippen molar-refractivity contribution in [1.82, 2.24) is 0 Å². The van der Waals surface area contributed by atoms with Gasteiger partial charge >= 0.3 is 5.97 Å². The van der Waals surface area contributed by atoms with E-state index in [0.29, 0.717) is 22.2 Å². The van der Waals surface area contributed by atoms with E-state index in [1.807, 2.05) is 6.07 Å². The molecule has 0 bridgehead atoms. The van der Waals surface area contributed by atoms with Crippen LogP contribution in [0.15, 0.2) is 48.5 Å². The molecular weight excluding hydrogens is 346 g/mol. The van der Waals surface area contributed by atoms with Crippen LogP contribution in [0.25, 0.3) is 0 Å². The predicted molar refractivity (Wildman–Crippen MR) is 92.0 cm³/mol. The molecule has 2 aromatic carbocycles. The van der Waals surface area contributed by atoms with E-state index in [-0.39, 0.29) is 6.61 Å². The molecule has 6 nitrogen and oxygen atoms in total. The number of carbonyl (C=O) groups is 2. The Morgan fingerprint density at radius 2 is 1.96 bits per heavy atom.